The van der Waals surface area contributed by atoms with Gasteiger partial charge in [-0.2, -0.15) is 9.40 Å². The molecule has 0 radical (unpaired) electrons. The van der Waals surface area contributed by atoms with Gasteiger partial charge in [-0.15, -0.1) is 5.10 Å². The Bertz CT molecular complexity index is 1090. The van der Waals surface area contributed by atoms with Crippen LogP contribution in [0.2, 0.25) is 0 Å². The first-order valence-corrected chi connectivity index (χ1v) is 10.9. The van der Waals surface area contributed by atoms with Crippen molar-refractivity contribution in [2.45, 2.75) is 31.6 Å². The molecule has 1 N–H and O–H groups in total. The Kier molecular flexibility index (Phi) is 4.98. The Labute approximate surface area is 163 Å². The molecule has 0 spiro atoms. The summed E-state index contributed by atoms with van der Waals surface area (Å²) in [6, 6.07) is 3.51. The van der Waals surface area contributed by atoms with Crippen molar-refractivity contribution in [1.29, 1.82) is 0 Å². The largest absolute Gasteiger partial charge is 0.345 e. The second-order valence-electron chi connectivity index (χ2n) is 6.66. The average Bonchev–Trinajstić information content (AvgIpc) is 3.18. The average molecular weight is 401 g/mol. The first-order valence-electron chi connectivity index (χ1n) is 9.44. The Balaban J connectivity index is 1.52. The smallest absolute Gasteiger partial charge is 0.245 e. The molecule has 3 aromatic rings. The third-order valence-corrected chi connectivity index (χ3v) is 6.99. The highest BCUT2D eigenvalue weighted by Gasteiger charge is 2.31. The van der Waals surface area contributed by atoms with Gasteiger partial charge in [0.2, 0.25) is 16.0 Å². The van der Waals surface area contributed by atoms with Crippen molar-refractivity contribution in [3.63, 3.8) is 0 Å². The Morgan fingerprint density at radius 1 is 1.07 bits per heavy atom. The summed E-state index contributed by atoms with van der Waals surface area (Å²) in [5.74, 6) is 0.572. The summed E-state index contributed by atoms with van der Waals surface area (Å²) in [6.07, 6.45) is 4.75. The van der Waals surface area contributed by atoms with Crippen LogP contribution in [0.1, 0.15) is 25.2 Å². The summed E-state index contributed by atoms with van der Waals surface area (Å²) in [5, 5.41) is 9.14. The normalized spacial score (nSPS) is 16.0. The van der Waals surface area contributed by atoms with Gasteiger partial charge in [0, 0.05) is 44.0 Å². The molecule has 4 rings (SSSR count). The van der Waals surface area contributed by atoms with E-state index in [0.717, 1.165) is 24.2 Å². The Morgan fingerprint density at radius 2 is 1.82 bits per heavy atom. The number of hydrogen-bond donors (Lipinski definition) is 1. The molecule has 4 heterocycles. The number of nitrogens with one attached hydrogen (secondary N) is 1. The van der Waals surface area contributed by atoms with Gasteiger partial charge in [0.15, 0.2) is 0 Å². The van der Waals surface area contributed by atoms with Gasteiger partial charge in [-0.3, -0.25) is 0 Å². The summed E-state index contributed by atoms with van der Waals surface area (Å²) >= 11 is 0. The predicted octanol–water partition coefficient (Wildman–Crippen LogP) is 1.38. The van der Waals surface area contributed by atoms with Crippen LogP contribution in [-0.4, -0.2) is 64.1 Å². The van der Waals surface area contributed by atoms with E-state index >= 15 is 0 Å². The van der Waals surface area contributed by atoms with E-state index in [9.17, 15) is 8.42 Å². The number of pyridine rings is 1. The van der Waals surface area contributed by atoms with Gasteiger partial charge >= 0.3 is 0 Å². The topological polar surface area (TPSA) is 108 Å². The molecule has 0 bridgehead atoms. The number of aromatic amines is 1. The second-order valence-corrected chi connectivity index (χ2v) is 8.56. The molecule has 1 aliphatic rings. The van der Waals surface area contributed by atoms with E-state index < -0.39 is 10.0 Å². The van der Waals surface area contributed by atoms with E-state index in [1.807, 2.05) is 18.7 Å². The number of H-pyrrole nitrogens is 1. The lowest BCUT2D eigenvalue weighted by Gasteiger charge is -2.33. The molecule has 0 aliphatic carbocycles. The van der Waals surface area contributed by atoms with Crippen LogP contribution in [0.3, 0.4) is 0 Å². The molecule has 0 amide bonds. The molecule has 1 aliphatic heterocycles. The summed E-state index contributed by atoms with van der Waals surface area (Å²) in [5.41, 5.74) is 2.44. The van der Waals surface area contributed by atoms with Gasteiger partial charge in [0.25, 0.3) is 0 Å². The van der Waals surface area contributed by atoms with Gasteiger partial charge in [-0.1, -0.05) is 13.8 Å². The highest BCUT2D eigenvalue weighted by molar-refractivity contribution is 7.89. The summed E-state index contributed by atoms with van der Waals surface area (Å²) in [4.78, 5) is 14.0. The number of anilines is 1. The van der Waals surface area contributed by atoms with Crippen LogP contribution in [0, 0.1) is 0 Å². The van der Waals surface area contributed by atoms with Crippen LogP contribution in [0.15, 0.2) is 29.4 Å². The van der Waals surface area contributed by atoms with Crippen molar-refractivity contribution in [1.82, 2.24) is 29.5 Å². The minimum absolute atomic E-state index is 0.266. The lowest BCUT2D eigenvalue weighted by atomic mass is 10.2. The highest BCUT2D eigenvalue weighted by atomic mass is 32.2. The minimum Gasteiger partial charge on any atom is -0.345 e. The van der Waals surface area contributed by atoms with E-state index in [1.54, 1.807) is 18.3 Å². The number of hydrogen-bond acceptors (Lipinski definition) is 7. The van der Waals surface area contributed by atoms with E-state index in [4.69, 9.17) is 0 Å². The number of nitrogens with zero attached hydrogens (tertiary/aromatic N) is 6. The SMILES string of the molecule is CCc1nnc(N2CCN(S(=O)(=O)c3c[nH]c4ncccc34)CC2)nc1CC. The summed E-state index contributed by atoms with van der Waals surface area (Å²) in [6.45, 7) is 5.87. The monoisotopic (exact) mass is 401 g/mol. The standard InChI is InChI=1S/C18H23N7O2S/c1-3-14-15(4-2)22-23-18(21-14)24-8-10-25(11-9-24)28(26,27)16-12-20-17-13(16)6-5-7-19-17/h5-7,12H,3-4,8-11H2,1-2H3,(H,19,20). The van der Waals surface area contributed by atoms with Crippen LogP contribution in [-0.2, 0) is 22.9 Å². The summed E-state index contributed by atoms with van der Waals surface area (Å²) in [7, 11) is -3.60. The lowest BCUT2D eigenvalue weighted by Crippen LogP contribution is -2.49. The number of aryl methyl sites for hydroxylation is 2. The number of aromatic nitrogens is 5. The quantitative estimate of drug-likeness (QED) is 0.688. The highest BCUT2D eigenvalue weighted by Crippen LogP contribution is 2.25. The van der Waals surface area contributed by atoms with Crippen LogP contribution in [0.4, 0.5) is 5.95 Å². The molecule has 148 valence electrons. The van der Waals surface area contributed by atoms with Crippen molar-refractivity contribution < 1.29 is 8.42 Å². The maximum atomic E-state index is 13.1. The van der Waals surface area contributed by atoms with Gasteiger partial charge in [-0.25, -0.2) is 18.4 Å². The molecule has 3 aromatic heterocycles. The molecule has 1 fully saturated rings. The fourth-order valence-electron chi connectivity index (χ4n) is 3.47. The third kappa shape index (κ3) is 3.22. The van der Waals surface area contributed by atoms with Crippen LogP contribution >= 0.6 is 0 Å². The molecule has 9 nitrogen and oxygen atoms in total. The van der Waals surface area contributed by atoms with Crippen molar-refractivity contribution in [3.05, 3.63) is 35.9 Å². The van der Waals surface area contributed by atoms with Gasteiger partial charge < -0.3 is 9.88 Å². The van der Waals surface area contributed by atoms with Crippen LogP contribution in [0.5, 0.6) is 0 Å². The van der Waals surface area contributed by atoms with Gasteiger partial charge in [-0.05, 0) is 25.0 Å². The fraction of sp³-hybridized carbons (Fsp3) is 0.444. The summed E-state index contributed by atoms with van der Waals surface area (Å²) < 4.78 is 27.7. The van der Waals surface area contributed by atoms with E-state index in [-0.39, 0.29) is 4.90 Å². The first kappa shape index (κ1) is 18.8. The van der Waals surface area contributed by atoms with Crippen molar-refractivity contribution in [2.75, 3.05) is 31.1 Å². The first-order chi connectivity index (χ1) is 13.5. The van der Waals surface area contributed by atoms with Crippen molar-refractivity contribution >= 4 is 27.0 Å². The third-order valence-electron chi connectivity index (χ3n) is 5.05. The van der Waals surface area contributed by atoms with Crippen molar-refractivity contribution in [2.24, 2.45) is 0 Å². The van der Waals surface area contributed by atoms with Crippen LogP contribution < -0.4 is 4.90 Å². The Morgan fingerprint density at radius 3 is 2.54 bits per heavy atom. The number of rotatable bonds is 5. The fourth-order valence-corrected chi connectivity index (χ4v) is 5.05. The maximum Gasteiger partial charge on any atom is 0.245 e. The Hall–Kier alpha value is -2.59. The zero-order chi connectivity index (χ0) is 19.7. The number of sulfonamides is 1. The molecular weight excluding hydrogens is 378 g/mol. The molecule has 0 unspecified atom stereocenters. The molecule has 0 atom stereocenters. The minimum atomic E-state index is -3.60. The maximum absolute atomic E-state index is 13.1. The molecule has 1 saturated heterocycles. The van der Waals surface area contributed by atoms with Gasteiger partial charge in [0.1, 0.15) is 10.5 Å². The molecule has 0 aromatic carbocycles. The van der Waals surface area contributed by atoms with E-state index in [0.29, 0.717) is 43.2 Å². The molecule has 28 heavy (non-hydrogen) atoms. The zero-order valence-corrected chi connectivity index (χ0v) is 16.8. The number of fused-ring (bicyclic) bond motifs is 1. The second kappa shape index (κ2) is 7.44. The molecule has 0 saturated carbocycles. The van der Waals surface area contributed by atoms with Crippen LogP contribution in [0.25, 0.3) is 11.0 Å². The van der Waals surface area contributed by atoms with E-state index in [1.165, 1.54) is 10.5 Å². The van der Waals surface area contributed by atoms with Gasteiger partial charge in [0.05, 0.1) is 11.4 Å². The number of piperazine rings is 1. The zero-order valence-electron chi connectivity index (χ0n) is 16.0. The lowest BCUT2D eigenvalue weighted by molar-refractivity contribution is 0.382. The van der Waals surface area contributed by atoms with Crippen molar-refractivity contribution in [3.8, 4) is 0 Å². The predicted molar refractivity (Wildman–Crippen MR) is 106 cm³/mol. The molecular formula is C18H23N7O2S. The van der Waals surface area contributed by atoms with E-state index in [2.05, 4.69) is 25.1 Å². The molecule has 10 heteroatoms.